The lowest BCUT2D eigenvalue weighted by molar-refractivity contribution is 0.0697. The minimum atomic E-state index is -1.04. The van der Waals surface area contributed by atoms with Crippen LogP contribution in [0.25, 0.3) is 0 Å². The molecule has 0 spiro atoms. The summed E-state index contributed by atoms with van der Waals surface area (Å²) >= 11 is 0. The second-order valence-electron chi connectivity index (χ2n) is 11.3. The molecule has 2 atom stereocenters. The topological polar surface area (TPSA) is 82.5 Å². The number of fused-ring (bicyclic) bond motifs is 2. The van der Waals surface area contributed by atoms with Crippen molar-refractivity contribution in [1.82, 2.24) is 4.98 Å². The minimum absolute atomic E-state index is 0.120. The summed E-state index contributed by atoms with van der Waals surface area (Å²) in [4.78, 5) is 30.4. The summed E-state index contributed by atoms with van der Waals surface area (Å²) in [5.74, 6) is 1.66. The fourth-order valence-corrected chi connectivity index (χ4v) is 6.77. The van der Waals surface area contributed by atoms with Crippen LogP contribution in [-0.4, -0.2) is 29.0 Å². The average Bonchev–Trinajstić information content (AvgIpc) is 2.88. The van der Waals surface area contributed by atoms with E-state index in [0.29, 0.717) is 11.4 Å². The summed E-state index contributed by atoms with van der Waals surface area (Å²) in [6, 6.07) is 18.6. The van der Waals surface area contributed by atoms with Gasteiger partial charge in [-0.3, -0.25) is 4.79 Å². The summed E-state index contributed by atoms with van der Waals surface area (Å²) < 4.78 is 0. The van der Waals surface area contributed by atoms with E-state index in [-0.39, 0.29) is 16.9 Å². The van der Waals surface area contributed by atoms with E-state index in [9.17, 15) is 14.7 Å². The predicted octanol–water partition coefficient (Wildman–Crippen LogP) is 6.90. The van der Waals surface area contributed by atoms with Crippen molar-refractivity contribution in [3.05, 3.63) is 83.6 Å². The van der Waals surface area contributed by atoms with E-state index in [2.05, 4.69) is 36.3 Å². The Hall–Kier alpha value is -3.67. The van der Waals surface area contributed by atoms with Crippen LogP contribution in [-0.2, 0) is 5.41 Å². The van der Waals surface area contributed by atoms with Gasteiger partial charge in [-0.25, -0.2) is 9.78 Å². The molecule has 2 aliphatic rings. The Morgan fingerprint density at radius 2 is 1.62 bits per heavy atom. The van der Waals surface area contributed by atoms with Crippen LogP contribution in [0.15, 0.2) is 66.9 Å². The summed E-state index contributed by atoms with van der Waals surface area (Å²) in [6.07, 6.45) is 8.19. The predicted molar refractivity (Wildman–Crippen MR) is 147 cm³/mol. The number of hydrogen-bond acceptors (Lipinski definition) is 4. The van der Waals surface area contributed by atoms with Gasteiger partial charge >= 0.3 is 5.97 Å². The highest BCUT2D eigenvalue weighted by Crippen LogP contribution is 2.51. The zero-order chi connectivity index (χ0) is 26.2. The zero-order valence-electron chi connectivity index (χ0n) is 21.8. The molecule has 3 aromatic rings. The van der Waals surface area contributed by atoms with E-state index in [1.54, 1.807) is 48.5 Å². The van der Waals surface area contributed by atoms with E-state index >= 15 is 0 Å². The first-order chi connectivity index (χ1) is 17.7. The molecule has 2 aliphatic carbocycles. The van der Waals surface area contributed by atoms with E-state index in [4.69, 9.17) is 0 Å². The van der Waals surface area contributed by atoms with Crippen molar-refractivity contribution in [2.75, 3.05) is 17.3 Å². The van der Waals surface area contributed by atoms with Crippen molar-refractivity contribution in [1.29, 1.82) is 0 Å². The summed E-state index contributed by atoms with van der Waals surface area (Å²) in [7, 11) is 1.76. The summed E-state index contributed by atoms with van der Waals surface area (Å²) in [5.41, 5.74) is 3.76. The van der Waals surface area contributed by atoms with Crippen molar-refractivity contribution in [2.24, 2.45) is 17.8 Å². The molecule has 2 fully saturated rings. The number of carboxylic acid groups (broad SMARTS) is 1. The number of anilines is 3. The molecule has 192 valence electrons. The highest BCUT2D eigenvalue weighted by Gasteiger charge is 2.41. The standard InChI is InChI=1S/C31H35N3O3/c1-20-15-21-17-22(16-20)19-31(2,18-21)24-8-10-25(11-9-24)33-29(35)23-6-12-26(13-7-23)34(3)28-27(30(36)37)5-4-14-32-28/h4-14,20-22H,15-19H2,1-3H3,(H,33,35)(H,36,37). The van der Waals surface area contributed by atoms with Crippen molar-refractivity contribution in [2.45, 2.75) is 51.4 Å². The van der Waals surface area contributed by atoms with E-state index in [1.807, 2.05) is 12.1 Å². The molecule has 0 aliphatic heterocycles. The number of aromatic carboxylic acids is 1. The second-order valence-corrected chi connectivity index (χ2v) is 11.3. The number of carboxylic acids is 1. The molecule has 1 aromatic heterocycles. The molecule has 6 heteroatoms. The van der Waals surface area contributed by atoms with E-state index < -0.39 is 5.97 Å². The lowest BCUT2D eigenvalue weighted by Crippen LogP contribution is -2.38. The third kappa shape index (κ3) is 5.24. The maximum atomic E-state index is 12.9. The van der Waals surface area contributed by atoms with Crippen LogP contribution in [0.5, 0.6) is 0 Å². The maximum absolute atomic E-state index is 12.9. The molecule has 6 nitrogen and oxygen atoms in total. The number of nitrogens with one attached hydrogen (secondary N) is 1. The Kier molecular flexibility index (Phi) is 6.76. The first kappa shape index (κ1) is 25.0. The second kappa shape index (κ2) is 10.0. The number of nitrogens with zero attached hydrogens (tertiary/aromatic N) is 2. The molecular weight excluding hydrogens is 462 g/mol. The van der Waals surface area contributed by atoms with Gasteiger partial charge < -0.3 is 15.3 Å². The van der Waals surface area contributed by atoms with Gasteiger partial charge in [0.05, 0.1) is 0 Å². The monoisotopic (exact) mass is 497 g/mol. The smallest absolute Gasteiger partial charge is 0.339 e. The Balaban J connectivity index is 1.25. The molecule has 0 radical (unpaired) electrons. The molecule has 0 saturated heterocycles. The Labute approximate surface area is 218 Å². The number of rotatable bonds is 6. The van der Waals surface area contributed by atoms with Gasteiger partial charge in [-0.15, -0.1) is 0 Å². The molecule has 37 heavy (non-hydrogen) atoms. The van der Waals surface area contributed by atoms with Crippen LogP contribution in [0.3, 0.4) is 0 Å². The molecule has 1 amide bonds. The first-order valence-electron chi connectivity index (χ1n) is 13.2. The number of carbonyl (C=O) groups excluding carboxylic acids is 1. The van der Waals surface area contributed by atoms with Gasteiger partial charge in [0.25, 0.3) is 5.91 Å². The third-order valence-electron chi connectivity index (χ3n) is 8.31. The summed E-state index contributed by atoms with van der Waals surface area (Å²) in [6.45, 7) is 4.82. The Morgan fingerprint density at radius 3 is 2.24 bits per heavy atom. The van der Waals surface area contributed by atoms with E-state index in [1.165, 1.54) is 43.7 Å². The lowest BCUT2D eigenvalue weighted by atomic mass is 9.57. The number of amides is 1. The van der Waals surface area contributed by atoms with Crippen molar-refractivity contribution in [3.8, 4) is 0 Å². The fourth-order valence-electron chi connectivity index (χ4n) is 6.77. The molecule has 2 unspecified atom stereocenters. The first-order valence-corrected chi connectivity index (χ1v) is 13.2. The molecule has 2 N–H and O–H groups in total. The normalized spacial score (nSPS) is 24.8. The molecular formula is C31H35N3O3. The Morgan fingerprint density at radius 1 is 0.973 bits per heavy atom. The number of hydrogen-bond donors (Lipinski definition) is 2. The van der Waals surface area contributed by atoms with Gasteiger partial charge in [0.15, 0.2) is 0 Å². The van der Waals surface area contributed by atoms with Crippen LogP contribution < -0.4 is 10.2 Å². The van der Waals surface area contributed by atoms with Gasteiger partial charge in [0.2, 0.25) is 0 Å². The van der Waals surface area contributed by atoms with Crippen LogP contribution in [0.4, 0.5) is 17.2 Å². The van der Waals surface area contributed by atoms with Gasteiger partial charge in [-0.2, -0.15) is 0 Å². The molecule has 2 bridgehead atoms. The van der Waals surface area contributed by atoms with Crippen LogP contribution in [0.2, 0.25) is 0 Å². The Bertz CT molecular complexity index is 1270. The van der Waals surface area contributed by atoms with Crippen molar-refractivity contribution in [3.63, 3.8) is 0 Å². The molecule has 5 rings (SSSR count). The number of aromatic nitrogens is 1. The van der Waals surface area contributed by atoms with Gasteiger partial charge in [-0.05, 0) is 109 Å². The quantitative estimate of drug-likeness (QED) is 0.387. The van der Waals surface area contributed by atoms with Crippen LogP contribution in [0, 0.1) is 17.8 Å². The lowest BCUT2D eigenvalue weighted by Gasteiger charge is -2.47. The molecule has 2 saturated carbocycles. The number of carbonyl (C=O) groups is 2. The van der Waals surface area contributed by atoms with Crippen molar-refractivity contribution >= 4 is 29.1 Å². The van der Waals surface area contributed by atoms with Crippen LogP contribution in [0.1, 0.15) is 72.2 Å². The average molecular weight is 498 g/mol. The zero-order valence-corrected chi connectivity index (χ0v) is 21.8. The van der Waals surface area contributed by atoms with Crippen molar-refractivity contribution < 1.29 is 14.7 Å². The fraction of sp³-hybridized carbons (Fsp3) is 0.387. The highest BCUT2D eigenvalue weighted by molar-refractivity contribution is 6.04. The highest BCUT2D eigenvalue weighted by atomic mass is 16.4. The maximum Gasteiger partial charge on any atom is 0.339 e. The number of pyridine rings is 1. The van der Waals surface area contributed by atoms with E-state index in [0.717, 1.165) is 29.1 Å². The van der Waals surface area contributed by atoms with Crippen LogP contribution >= 0.6 is 0 Å². The number of benzene rings is 2. The minimum Gasteiger partial charge on any atom is -0.478 e. The largest absolute Gasteiger partial charge is 0.478 e. The van der Waals surface area contributed by atoms with Gasteiger partial charge in [-0.1, -0.05) is 26.0 Å². The van der Waals surface area contributed by atoms with Gasteiger partial charge in [0.1, 0.15) is 11.4 Å². The third-order valence-corrected chi connectivity index (χ3v) is 8.31. The summed E-state index contributed by atoms with van der Waals surface area (Å²) in [5, 5.41) is 12.5. The molecule has 2 aromatic carbocycles. The SMILES string of the molecule is CC1CC2CC(C1)CC(C)(c1ccc(NC(=O)c3ccc(N(C)c4ncccc4C(=O)O)cc3)cc1)C2. The molecule has 1 heterocycles. The van der Waals surface area contributed by atoms with Gasteiger partial charge in [0, 0.05) is 30.2 Å².